The number of benzene rings is 2. The molecule has 1 saturated carbocycles. The Kier molecular flexibility index (Phi) is 5.63. The molecule has 2 fully saturated rings. The summed E-state index contributed by atoms with van der Waals surface area (Å²) < 4.78 is 35.7. The van der Waals surface area contributed by atoms with Gasteiger partial charge >= 0.3 is 0 Å². The lowest BCUT2D eigenvalue weighted by Crippen LogP contribution is -2.41. The summed E-state index contributed by atoms with van der Waals surface area (Å²) in [5, 5.41) is 3.84. The number of rotatable bonds is 5. The second-order valence-corrected chi connectivity index (χ2v) is 9.13. The van der Waals surface area contributed by atoms with Crippen molar-refractivity contribution in [2.24, 2.45) is 0 Å². The number of anilines is 1. The Morgan fingerprint density at radius 2 is 1.72 bits per heavy atom. The van der Waals surface area contributed by atoms with Gasteiger partial charge in [-0.3, -0.25) is 14.5 Å². The molecule has 2 amide bonds. The number of carbonyl (C=O) groups is 2. The highest BCUT2D eigenvalue weighted by atomic mass is 35.5. The number of nitrogens with zero attached hydrogens (tertiary/aromatic N) is 1. The van der Waals surface area contributed by atoms with Crippen LogP contribution < -0.4 is 15.0 Å². The Morgan fingerprint density at radius 1 is 1.00 bits per heavy atom. The van der Waals surface area contributed by atoms with E-state index in [1.807, 2.05) is 0 Å². The van der Waals surface area contributed by atoms with Crippen molar-refractivity contribution in [3.63, 3.8) is 0 Å². The van der Waals surface area contributed by atoms with E-state index in [4.69, 9.17) is 16.3 Å². The summed E-state index contributed by atoms with van der Waals surface area (Å²) >= 11 is 6.11. The van der Waals surface area contributed by atoms with E-state index < -0.39 is 17.7 Å². The maximum atomic E-state index is 15.0. The van der Waals surface area contributed by atoms with Crippen molar-refractivity contribution in [3.05, 3.63) is 58.1 Å². The van der Waals surface area contributed by atoms with Crippen LogP contribution in [0.1, 0.15) is 55.8 Å². The number of ether oxygens (including phenoxy) is 1. The zero-order valence-corrected chi connectivity index (χ0v) is 18.1. The van der Waals surface area contributed by atoms with Gasteiger partial charge in [0.15, 0.2) is 11.6 Å². The van der Waals surface area contributed by atoms with Crippen molar-refractivity contribution >= 4 is 29.1 Å². The molecule has 8 heteroatoms. The zero-order valence-electron chi connectivity index (χ0n) is 17.4. The van der Waals surface area contributed by atoms with Crippen molar-refractivity contribution in [2.75, 3.05) is 4.90 Å². The summed E-state index contributed by atoms with van der Waals surface area (Å²) in [5.74, 6) is -1.80. The van der Waals surface area contributed by atoms with E-state index in [0.717, 1.165) is 36.6 Å². The van der Waals surface area contributed by atoms with Gasteiger partial charge in [0.05, 0.1) is 11.7 Å². The van der Waals surface area contributed by atoms with E-state index in [-0.39, 0.29) is 47.2 Å². The van der Waals surface area contributed by atoms with Gasteiger partial charge in [-0.2, -0.15) is 0 Å². The topological polar surface area (TPSA) is 58.6 Å². The first-order valence-corrected chi connectivity index (χ1v) is 11.3. The molecule has 168 valence electrons. The van der Waals surface area contributed by atoms with Crippen LogP contribution in [0.4, 0.5) is 14.5 Å². The minimum absolute atomic E-state index is 0.0238. The summed E-state index contributed by atoms with van der Waals surface area (Å²) in [6.07, 6.45) is 4.44. The van der Waals surface area contributed by atoms with Gasteiger partial charge in [0.25, 0.3) is 0 Å². The number of imide groups is 1. The van der Waals surface area contributed by atoms with Crippen LogP contribution in [0.2, 0.25) is 5.02 Å². The molecule has 5 rings (SSSR count). The molecule has 2 aromatic rings. The number of hydrogen-bond acceptors (Lipinski definition) is 4. The van der Waals surface area contributed by atoms with Crippen LogP contribution in [-0.2, 0) is 16.0 Å². The van der Waals surface area contributed by atoms with Gasteiger partial charge in [-0.05, 0) is 49.1 Å². The number of nitrogens with one attached hydrogen (secondary N) is 1. The van der Waals surface area contributed by atoms with E-state index in [1.54, 1.807) is 6.07 Å². The van der Waals surface area contributed by atoms with Crippen molar-refractivity contribution in [2.45, 2.75) is 63.1 Å². The molecular weight excluding hydrogens is 438 g/mol. The van der Waals surface area contributed by atoms with E-state index in [2.05, 4.69) is 5.32 Å². The van der Waals surface area contributed by atoms with Crippen molar-refractivity contribution in [1.29, 1.82) is 0 Å². The highest BCUT2D eigenvalue weighted by molar-refractivity contribution is 6.30. The lowest BCUT2D eigenvalue weighted by atomic mass is 10.1. The first-order chi connectivity index (χ1) is 15.4. The largest absolute Gasteiger partial charge is 0.481 e. The second-order valence-electron chi connectivity index (χ2n) is 8.69. The first kappa shape index (κ1) is 21.3. The summed E-state index contributed by atoms with van der Waals surface area (Å²) in [6.45, 7) is 0. The zero-order chi connectivity index (χ0) is 22.4. The maximum Gasteiger partial charge on any atom is 0.234 e. The quantitative estimate of drug-likeness (QED) is 0.648. The predicted octanol–water partition coefficient (Wildman–Crippen LogP) is 4.85. The molecule has 3 aliphatic rings. The Morgan fingerprint density at radius 3 is 2.41 bits per heavy atom. The van der Waals surface area contributed by atoms with Crippen LogP contribution in [0.5, 0.6) is 5.75 Å². The Hall–Kier alpha value is -2.51. The fourth-order valence-corrected chi connectivity index (χ4v) is 5.26. The van der Waals surface area contributed by atoms with Gasteiger partial charge in [-0.1, -0.05) is 24.4 Å². The number of hydrogen-bond donors (Lipinski definition) is 1. The van der Waals surface area contributed by atoms with Gasteiger partial charge in [-0.15, -0.1) is 0 Å². The van der Waals surface area contributed by atoms with Crippen molar-refractivity contribution < 1.29 is 23.1 Å². The third-order valence-corrected chi connectivity index (χ3v) is 6.79. The van der Waals surface area contributed by atoms with Gasteiger partial charge in [0, 0.05) is 35.5 Å². The SMILES string of the molecule is O=C1CCC(=O)N1c1ccc(OC2c3cc(Cl)cc(F)c3CC2NC2CCCC2)c(F)c1. The minimum atomic E-state index is -0.689. The van der Waals surface area contributed by atoms with Gasteiger partial charge in [-0.25, -0.2) is 8.78 Å². The molecule has 1 heterocycles. The minimum Gasteiger partial charge on any atom is -0.481 e. The van der Waals surface area contributed by atoms with Gasteiger partial charge in [0.1, 0.15) is 11.9 Å². The highest BCUT2D eigenvalue weighted by Gasteiger charge is 2.38. The molecule has 1 aliphatic heterocycles. The lowest BCUT2D eigenvalue weighted by Gasteiger charge is -2.26. The fraction of sp³-hybridized carbons (Fsp3) is 0.417. The average molecular weight is 461 g/mol. The van der Waals surface area contributed by atoms with Crippen LogP contribution in [-0.4, -0.2) is 23.9 Å². The molecule has 2 aliphatic carbocycles. The smallest absolute Gasteiger partial charge is 0.234 e. The molecule has 0 bridgehead atoms. The molecule has 5 nitrogen and oxygen atoms in total. The number of carbonyl (C=O) groups excluding carboxylic acids is 2. The highest BCUT2D eigenvalue weighted by Crippen LogP contribution is 2.40. The molecule has 2 unspecified atom stereocenters. The van der Waals surface area contributed by atoms with Crippen LogP contribution in [0.25, 0.3) is 0 Å². The fourth-order valence-electron chi connectivity index (χ4n) is 5.05. The summed E-state index contributed by atoms with van der Waals surface area (Å²) in [5.41, 5.74) is 1.32. The molecule has 0 aromatic heterocycles. The third kappa shape index (κ3) is 3.88. The summed E-state index contributed by atoms with van der Waals surface area (Å²) in [7, 11) is 0. The Bertz CT molecular complexity index is 1070. The van der Waals surface area contributed by atoms with E-state index >= 15 is 0 Å². The first-order valence-electron chi connectivity index (χ1n) is 11.0. The molecule has 1 saturated heterocycles. The van der Waals surface area contributed by atoms with Crippen LogP contribution in [0.3, 0.4) is 0 Å². The molecule has 0 radical (unpaired) electrons. The van der Waals surface area contributed by atoms with Gasteiger partial charge < -0.3 is 10.1 Å². The summed E-state index contributed by atoms with van der Waals surface area (Å²) in [6, 6.07) is 7.09. The maximum absolute atomic E-state index is 15.0. The number of fused-ring (bicyclic) bond motifs is 1. The van der Waals surface area contributed by atoms with E-state index in [9.17, 15) is 18.4 Å². The standard InChI is InChI=1S/C24H23ClF2N2O3/c25-13-9-17-16(18(26)10-13)12-20(28-14-3-1-2-4-14)24(17)32-21-6-5-15(11-19(21)27)29-22(30)7-8-23(29)31/h5-6,9-11,14,20,24,28H,1-4,7-8,12H2. The molecule has 2 atom stereocenters. The molecule has 32 heavy (non-hydrogen) atoms. The lowest BCUT2D eigenvalue weighted by molar-refractivity contribution is -0.121. The molecule has 0 spiro atoms. The normalized spacial score (nSPS) is 23.3. The monoisotopic (exact) mass is 460 g/mol. The van der Waals surface area contributed by atoms with Crippen LogP contribution >= 0.6 is 11.6 Å². The van der Waals surface area contributed by atoms with Crippen molar-refractivity contribution in [3.8, 4) is 5.75 Å². The Balaban J connectivity index is 1.44. The van der Waals surface area contributed by atoms with Crippen LogP contribution in [0.15, 0.2) is 30.3 Å². The number of halogens is 3. The molecule has 1 N–H and O–H groups in total. The molecular formula is C24H23ClF2N2O3. The number of amides is 2. The van der Waals surface area contributed by atoms with Crippen LogP contribution in [0, 0.1) is 11.6 Å². The van der Waals surface area contributed by atoms with E-state index in [0.29, 0.717) is 23.6 Å². The Labute approximate surface area is 189 Å². The predicted molar refractivity (Wildman–Crippen MR) is 116 cm³/mol. The molecule has 2 aromatic carbocycles. The average Bonchev–Trinajstić information content (AvgIpc) is 3.45. The summed E-state index contributed by atoms with van der Waals surface area (Å²) in [4.78, 5) is 24.9. The van der Waals surface area contributed by atoms with Gasteiger partial charge in [0.2, 0.25) is 11.8 Å². The van der Waals surface area contributed by atoms with Crippen molar-refractivity contribution in [1.82, 2.24) is 5.32 Å². The van der Waals surface area contributed by atoms with E-state index in [1.165, 1.54) is 18.2 Å². The third-order valence-electron chi connectivity index (χ3n) is 6.57. The second kappa shape index (κ2) is 8.45.